The molecule has 0 atom stereocenters. The van der Waals surface area contributed by atoms with Crippen molar-refractivity contribution in [3.63, 3.8) is 0 Å². The highest BCUT2D eigenvalue weighted by atomic mass is 16.5. The molecule has 0 radical (unpaired) electrons. The number of carbonyl (C=O) groups excluding carboxylic acids is 1. The minimum Gasteiger partial charge on any atom is -0.387 e. The Bertz CT molecular complexity index is 95.0. The lowest BCUT2D eigenvalue weighted by Gasteiger charge is -2.01. The fourth-order valence-electron chi connectivity index (χ4n) is 0.463. The van der Waals surface area contributed by atoms with Gasteiger partial charge >= 0.3 is 0 Å². The van der Waals surface area contributed by atoms with Gasteiger partial charge in [-0.25, -0.2) is 0 Å². The Morgan fingerprint density at radius 2 is 2.40 bits per heavy atom. The Labute approximate surface area is 60.2 Å². The molecule has 0 aliphatic rings. The lowest BCUT2D eigenvalue weighted by molar-refractivity contribution is -0.124. The van der Waals surface area contributed by atoms with Crippen LogP contribution in [0.15, 0.2) is 0 Å². The Hall–Kier alpha value is -0.610. The zero-order valence-corrected chi connectivity index (χ0v) is 6.09. The maximum absolute atomic E-state index is 10.4. The van der Waals surface area contributed by atoms with E-state index in [0.717, 1.165) is 0 Å². The lowest BCUT2D eigenvalue weighted by Crippen LogP contribution is -2.29. The average molecular weight is 147 g/mol. The van der Waals surface area contributed by atoms with Crippen molar-refractivity contribution in [2.24, 2.45) is 0 Å². The molecule has 0 heterocycles. The fraction of sp³-hybridized carbons (Fsp3) is 0.833. The van der Waals surface area contributed by atoms with Crippen molar-refractivity contribution in [1.82, 2.24) is 5.32 Å². The zero-order chi connectivity index (χ0) is 7.82. The highest BCUT2D eigenvalue weighted by Crippen LogP contribution is 1.70. The number of amides is 1. The van der Waals surface area contributed by atoms with Crippen molar-refractivity contribution in [3.05, 3.63) is 0 Å². The SMILES string of the molecule is CCOCCNC(=O)CO. The van der Waals surface area contributed by atoms with Crippen molar-refractivity contribution < 1.29 is 14.6 Å². The van der Waals surface area contributed by atoms with Gasteiger partial charge in [0.15, 0.2) is 0 Å². The summed E-state index contributed by atoms with van der Waals surface area (Å²) in [5, 5.41) is 10.7. The molecular weight excluding hydrogens is 134 g/mol. The molecule has 0 aromatic carbocycles. The van der Waals surface area contributed by atoms with Gasteiger partial charge < -0.3 is 15.2 Å². The quantitative estimate of drug-likeness (QED) is 0.497. The molecule has 0 fully saturated rings. The molecule has 0 rings (SSSR count). The molecule has 2 N–H and O–H groups in total. The van der Waals surface area contributed by atoms with Gasteiger partial charge in [-0.15, -0.1) is 0 Å². The van der Waals surface area contributed by atoms with E-state index in [9.17, 15) is 4.79 Å². The van der Waals surface area contributed by atoms with E-state index in [1.807, 2.05) is 6.92 Å². The van der Waals surface area contributed by atoms with Gasteiger partial charge in [-0.3, -0.25) is 4.79 Å². The van der Waals surface area contributed by atoms with E-state index in [1.54, 1.807) is 0 Å². The Morgan fingerprint density at radius 3 is 2.90 bits per heavy atom. The third-order valence-electron chi connectivity index (χ3n) is 0.916. The summed E-state index contributed by atoms with van der Waals surface area (Å²) in [6.07, 6.45) is 0. The molecule has 0 bridgehead atoms. The molecule has 0 aromatic heterocycles. The third-order valence-corrected chi connectivity index (χ3v) is 0.916. The summed E-state index contributed by atoms with van der Waals surface area (Å²) >= 11 is 0. The topological polar surface area (TPSA) is 58.6 Å². The molecule has 60 valence electrons. The van der Waals surface area contributed by atoms with Gasteiger partial charge in [0.25, 0.3) is 0 Å². The van der Waals surface area contributed by atoms with Gasteiger partial charge in [0, 0.05) is 13.2 Å². The number of carbonyl (C=O) groups is 1. The largest absolute Gasteiger partial charge is 0.387 e. The molecule has 0 aromatic rings. The first-order valence-corrected chi connectivity index (χ1v) is 3.26. The molecule has 10 heavy (non-hydrogen) atoms. The van der Waals surface area contributed by atoms with Crippen LogP contribution in [-0.2, 0) is 9.53 Å². The fourth-order valence-corrected chi connectivity index (χ4v) is 0.463. The Morgan fingerprint density at radius 1 is 1.70 bits per heavy atom. The van der Waals surface area contributed by atoms with Crippen molar-refractivity contribution in [1.29, 1.82) is 0 Å². The smallest absolute Gasteiger partial charge is 0.245 e. The zero-order valence-electron chi connectivity index (χ0n) is 6.09. The summed E-state index contributed by atoms with van der Waals surface area (Å²) in [7, 11) is 0. The predicted molar refractivity (Wildman–Crippen MR) is 36.6 cm³/mol. The van der Waals surface area contributed by atoms with Crippen LogP contribution in [0.4, 0.5) is 0 Å². The molecule has 4 nitrogen and oxygen atoms in total. The van der Waals surface area contributed by atoms with Crippen LogP contribution in [0, 0.1) is 0 Å². The van der Waals surface area contributed by atoms with Gasteiger partial charge in [0.2, 0.25) is 5.91 Å². The second-order valence-corrected chi connectivity index (χ2v) is 1.70. The Kier molecular flexibility index (Phi) is 6.11. The van der Waals surface area contributed by atoms with Crippen LogP contribution in [0.5, 0.6) is 0 Å². The van der Waals surface area contributed by atoms with Crippen LogP contribution in [0.3, 0.4) is 0 Å². The van der Waals surface area contributed by atoms with Gasteiger partial charge in [0.1, 0.15) is 6.61 Å². The summed E-state index contributed by atoms with van der Waals surface area (Å²) in [4.78, 5) is 10.4. The van der Waals surface area contributed by atoms with Crippen LogP contribution in [0.25, 0.3) is 0 Å². The van der Waals surface area contributed by atoms with E-state index in [1.165, 1.54) is 0 Å². The molecule has 0 aliphatic carbocycles. The number of ether oxygens (including phenoxy) is 1. The van der Waals surface area contributed by atoms with E-state index in [2.05, 4.69) is 5.32 Å². The van der Waals surface area contributed by atoms with E-state index >= 15 is 0 Å². The monoisotopic (exact) mass is 147 g/mol. The molecule has 4 heteroatoms. The highest BCUT2D eigenvalue weighted by molar-refractivity contribution is 5.76. The Balaban J connectivity index is 2.96. The molecule has 1 amide bonds. The minimum absolute atomic E-state index is 0.361. The minimum atomic E-state index is -0.452. The van der Waals surface area contributed by atoms with Gasteiger partial charge in [0.05, 0.1) is 6.61 Å². The number of aliphatic hydroxyl groups excluding tert-OH is 1. The summed E-state index contributed by atoms with van der Waals surface area (Å²) in [5.74, 6) is -0.361. The van der Waals surface area contributed by atoms with E-state index < -0.39 is 6.61 Å². The molecule has 0 spiro atoms. The second kappa shape index (κ2) is 6.51. The van der Waals surface area contributed by atoms with E-state index in [4.69, 9.17) is 9.84 Å². The van der Waals surface area contributed by atoms with E-state index in [-0.39, 0.29) is 5.91 Å². The van der Waals surface area contributed by atoms with Crippen LogP contribution in [0.1, 0.15) is 6.92 Å². The number of nitrogens with one attached hydrogen (secondary N) is 1. The van der Waals surface area contributed by atoms with Gasteiger partial charge in [-0.2, -0.15) is 0 Å². The predicted octanol–water partition coefficient (Wildman–Crippen LogP) is -0.869. The molecule has 0 unspecified atom stereocenters. The van der Waals surface area contributed by atoms with Crippen LogP contribution >= 0.6 is 0 Å². The van der Waals surface area contributed by atoms with Crippen LogP contribution < -0.4 is 5.32 Å². The number of hydrogen-bond donors (Lipinski definition) is 2. The maximum Gasteiger partial charge on any atom is 0.245 e. The molecule has 0 aliphatic heterocycles. The first-order chi connectivity index (χ1) is 4.81. The highest BCUT2D eigenvalue weighted by Gasteiger charge is 1.94. The van der Waals surface area contributed by atoms with Gasteiger partial charge in [-0.1, -0.05) is 0 Å². The van der Waals surface area contributed by atoms with Crippen molar-refractivity contribution in [2.75, 3.05) is 26.4 Å². The summed E-state index contributed by atoms with van der Waals surface area (Å²) in [6, 6.07) is 0. The first-order valence-electron chi connectivity index (χ1n) is 3.26. The number of rotatable bonds is 5. The van der Waals surface area contributed by atoms with Crippen LogP contribution in [-0.4, -0.2) is 37.4 Å². The van der Waals surface area contributed by atoms with Crippen molar-refractivity contribution in [2.45, 2.75) is 6.92 Å². The van der Waals surface area contributed by atoms with E-state index in [0.29, 0.717) is 19.8 Å². The first kappa shape index (κ1) is 9.39. The summed E-state index contributed by atoms with van der Waals surface area (Å²) in [6.45, 7) is 3.05. The number of aliphatic hydroxyl groups is 1. The van der Waals surface area contributed by atoms with Crippen LogP contribution in [0.2, 0.25) is 0 Å². The maximum atomic E-state index is 10.4. The van der Waals surface area contributed by atoms with Gasteiger partial charge in [-0.05, 0) is 6.92 Å². The third kappa shape index (κ3) is 5.53. The standard InChI is InChI=1S/C6H13NO3/c1-2-10-4-3-7-6(9)5-8/h8H,2-5H2,1H3,(H,7,9). The lowest BCUT2D eigenvalue weighted by atomic mass is 10.6. The molecular formula is C6H13NO3. The normalized spacial score (nSPS) is 9.40. The van der Waals surface area contributed by atoms with Crippen molar-refractivity contribution in [3.8, 4) is 0 Å². The summed E-state index contributed by atoms with van der Waals surface area (Å²) < 4.78 is 4.93. The molecule has 0 saturated carbocycles. The molecule has 0 saturated heterocycles. The van der Waals surface area contributed by atoms with Crippen molar-refractivity contribution >= 4 is 5.91 Å². The number of hydrogen-bond acceptors (Lipinski definition) is 3. The summed E-state index contributed by atoms with van der Waals surface area (Å²) in [5.41, 5.74) is 0. The second-order valence-electron chi connectivity index (χ2n) is 1.70. The average Bonchev–Trinajstić information content (AvgIpc) is 1.98.